The first-order valence-corrected chi connectivity index (χ1v) is 6.83. The van der Waals surface area contributed by atoms with Gasteiger partial charge >= 0.3 is 12.1 Å². The fourth-order valence-corrected chi connectivity index (χ4v) is 2.77. The molecule has 0 unspecified atom stereocenters. The van der Waals surface area contributed by atoms with Crippen molar-refractivity contribution in [3.8, 4) is 0 Å². The second kappa shape index (κ2) is 4.80. The number of carbonyl (C=O) groups excluding carboxylic acids is 1. The molecule has 0 atom stereocenters. The summed E-state index contributed by atoms with van der Waals surface area (Å²) in [5, 5.41) is 9.57. The van der Waals surface area contributed by atoms with Crippen LogP contribution in [-0.2, 0) is 11.2 Å². The average Bonchev–Trinajstić information content (AvgIpc) is 2.69. The van der Waals surface area contributed by atoms with Crippen LogP contribution in [0.25, 0.3) is 0 Å². The Hall–Kier alpha value is -1.63. The van der Waals surface area contributed by atoms with Crippen LogP contribution in [0.1, 0.15) is 42.7 Å². The summed E-state index contributed by atoms with van der Waals surface area (Å²) in [5.74, 6) is -1.07. The number of rotatable bonds is 1. The van der Waals surface area contributed by atoms with Gasteiger partial charge in [-0.1, -0.05) is 11.3 Å². The highest BCUT2D eigenvalue weighted by atomic mass is 32.1. The average molecular weight is 284 g/mol. The number of anilines is 1. The Labute approximate surface area is 115 Å². The molecule has 1 aromatic rings. The number of nitrogens with zero attached hydrogens (tertiary/aromatic N) is 2. The van der Waals surface area contributed by atoms with E-state index in [1.165, 1.54) is 4.90 Å². The predicted octanol–water partition coefficient (Wildman–Crippen LogP) is 2.53. The molecule has 0 spiro atoms. The first kappa shape index (κ1) is 13.8. The third-order valence-electron chi connectivity index (χ3n) is 2.51. The number of carboxylic acid groups (broad SMARTS) is 1. The van der Waals surface area contributed by atoms with Gasteiger partial charge in [-0.25, -0.2) is 14.6 Å². The SMILES string of the molecule is CC(C)(C)OC(=O)N1CCCc2nc(C(=O)O)sc21. The quantitative estimate of drug-likeness (QED) is 0.857. The van der Waals surface area contributed by atoms with E-state index in [0.717, 1.165) is 17.8 Å². The van der Waals surface area contributed by atoms with Crippen molar-refractivity contribution in [2.75, 3.05) is 11.4 Å². The molecule has 0 aromatic carbocycles. The van der Waals surface area contributed by atoms with Gasteiger partial charge < -0.3 is 9.84 Å². The van der Waals surface area contributed by atoms with Crippen molar-refractivity contribution in [2.24, 2.45) is 0 Å². The molecule has 0 radical (unpaired) electrons. The zero-order valence-electron chi connectivity index (χ0n) is 11.1. The van der Waals surface area contributed by atoms with Crippen LogP contribution in [0, 0.1) is 0 Å². The number of aromatic nitrogens is 1. The fourth-order valence-electron chi connectivity index (χ4n) is 1.81. The molecule has 0 fully saturated rings. The van der Waals surface area contributed by atoms with Crippen LogP contribution < -0.4 is 4.90 Å². The van der Waals surface area contributed by atoms with Crippen molar-refractivity contribution in [2.45, 2.75) is 39.2 Å². The first-order valence-electron chi connectivity index (χ1n) is 6.01. The van der Waals surface area contributed by atoms with Crippen molar-refractivity contribution in [1.82, 2.24) is 4.98 Å². The van der Waals surface area contributed by atoms with Gasteiger partial charge in [0, 0.05) is 6.54 Å². The maximum absolute atomic E-state index is 12.1. The van der Waals surface area contributed by atoms with E-state index in [-0.39, 0.29) is 5.01 Å². The van der Waals surface area contributed by atoms with Gasteiger partial charge in [0.2, 0.25) is 5.01 Å². The minimum absolute atomic E-state index is 0.0143. The number of aryl methyl sites for hydroxylation is 1. The van der Waals surface area contributed by atoms with E-state index in [2.05, 4.69) is 4.98 Å². The number of amides is 1. The molecule has 1 amide bonds. The number of hydrogen-bond acceptors (Lipinski definition) is 5. The van der Waals surface area contributed by atoms with Gasteiger partial charge in [0.15, 0.2) is 0 Å². The zero-order chi connectivity index (χ0) is 14.2. The number of hydrogen-bond donors (Lipinski definition) is 1. The van der Waals surface area contributed by atoms with Crippen molar-refractivity contribution in [1.29, 1.82) is 0 Å². The van der Waals surface area contributed by atoms with Gasteiger partial charge in [0.05, 0.1) is 5.69 Å². The number of aromatic carboxylic acids is 1. The zero-order valence-corrected chi connectivity index (χ0v) is 11.9. The van der Waals surface area contributed by atoms with Crippen LogP contribution in [0.3, 0.4) is 0 Å². The van der Waals surface area contributed by atoms with E-state index in [4.69, 9.17) is 9.84 Å². The highest BCUT2D eigenvalue weighted by molar-refractivity contribution is 7.17. The molecule has 6 nitrogen and oxygen atoms in total. The normalized spacial score (nSPS) is 15.0. The largest absolute Gasteiger partial charge is 0.476 e. The molecule has 2 rings (SSSR count). The molecule has 1 N–H and O–H groups in total. The molecule has 0 aliphatic carbocycles. The summed E-state index contributed by atoms with van der Waals surface area (Å²) in [4.78, 5) is 28.6. The maximum Gasteiger partial charge on any atom is 0.415 e. The van der Waals surface area contributed by atoms with Crippen molar-refractivity contribution in [3.05, 3.63) is 10.7 Å². The number of ether oxygens (including phenoxy) is 1. The Morgan fingerprint density at radius 2 is 2.11 bits per heavy atom. The molecule has 1 aromatic heterocycles. The van der Waals surface area contributed by atoms with Crippen LogP contribution in [0.5, 0.6) is 0 Å². The minimum atomic E-state index is -1.07. The van der Waals surface area contributed by atoms with Gasteiger partial charge in [-0.15, -0.1) is 0 Å². The van der Waals surface area contributed by atoms with E-state index in [9.17, 15) is 9.59 Å². The van der Waals surface area contributed by atoms with E-state index < -0.39 is 17.7 Å². The lowest BCUT2D eigenvalue weighted by Crippen LogP contribution is -2.39. The lowest BCUT2D eigenvalue weighted by atomic mass is 10.1. The number of carboxylic acids is 1. The summed E-state index contributed by atoms with van der Waals surface area (Å²) in [6.45, 7) is 5.92. The Balaban J connectivity index is 2.26. The Bertz CT molecular complexity index is 518. The Morgan fingerprint density at radius 3 is 2.68 bits per heavy atom. The van der Waals surface area contributed by atoms with E-state index in [0.29, 0.717) is 23.7 Å². The molecule has 1 aliphatic heterocycles. The minimum Gasteiger partial charge on any atom is -0.476 e. The maximum atomic E-state index is 12.1. The lowest BCUT2D eigenvalue weighted by molar-refractivity contribution is 0.0578. The van der Waals surface area contributed by atoms with Crippen LogP contribution in [0.4, 0.5) is 9.80 Å². The van der Waals surface area contributed by atoms with E-state index in [1.807, 2.05) is 0 Å². The molecule has 0 bridgehead atoms. The van der Waals surface area contributed by atoms with Crippen molar-refractivity contribution >= 4 is 28.4 Å². The van der Waals surface area contributed by atoms with Gasteiger partial charge in [-0.2, -0.15) is 0 Å². The molecule has 7 heteroatoms. The Morgan fingerprint density at radius 1 is 1.42 bits per heavy atom. The smallest absolute Gasteiger partial charge is 0.415 e. The van der Waals surface area contributed by atoms with Crippen LogP contribution in [0.2, 0.25) is 0 Å². The Kier molecular flexibility index (Phi) is 3.49. The standard InChI is InChI=1S/C12H16N2O4S/c1-12(2,3)18-11(17)14-6-4-5-7-9(14)19-8(13-7)10(15)16/h4-6H2,1-3H3,(H,15,16). The summed E-state index contributed by atoms with van der Waals surface area (Å²) < 4.78 is 5.32. The highest BCUT2D eigenvalue weighted by Gasteiger charge is 2.31. The molecule has 0 saturated carbocycles. The van der Waals surface area contributed by atoms with E-state index >= 15 is 0 Å². The summed E-state index contributed by atoms with van der Waals surface area (Å²) >= 11 is 1.02. The highest BCUT2D eigenvalue weighted by Crippen LogP contribution is 2.34. The van der Waals surface area contributed by atoms with E-state index in [1.54, 1.807) is 20.8 Å². The third kappa shape index (κ3) is 3.04. The molecule has 19 heavy (non-hydrogen) atoms. The molecular weight excluding hydrogens is 268 g/mol. The van der Waals surface area contributed by atoms with Gasteiger partial charge in [0.25, 0.3) is 0 Å². The molecule has 0 saturated heterocycles. The summed E-state index contributed by atoms with van der Waals surface area (Å²) in [6.07, 6.45) is 1.00. The number of fused-ring (bicyclic) bond motifs is 1. The summed E-state index contributed by atoms with van der Waals surface area (Å²) in [5.41, 5.74) is 0.0918. The van der Waals surface area contributed by atoms with Crippen LogP contribution in [-0.4, -0.2) is 34.3 Å². The molecule has 1 aliphatic rings. The fraction of sp³-hybridized carbons (Fsp3) is 0.583. The van der Waals surface area contributed by atoms with Crippen molar-refractivity contribution in [3.63, 3.8) is 0 Å². The van der Waals surface area contributed by atoms with Crippen LogP contribution >= 0.6 is 11.3 Å². The van der Waals surface area contributed by atoms with Crippen molar-refractivity contribution < 1.29 is 19.4 Å². The number of carbonyl (C=O) groups is 2. The topological polar surface area (TPSA) is 79.7 Å². The lowest BCUT2D eigenvalue weighted by Gasteiger charge is -2.29. The monoisotopic (exact) mass is 284 g/mol. The molecule has 104 valence electrons. The van der Waals surface area contributed by atoms with Gasteiger partial charge in [0.1, 0.15) is 10.6 Å². The first-order chi connectivity index (χ1) is 8.78. The third-order valence-corrected chi connectivity index (χ3v) is 3.62. The summed E-state index contributed by atoms with van der Waals surface area (Å²) in [6, 6.07) is 0. The number of thiazole rings is 1. The summed E-state index contributed by atoms with van der Waals surface area (Å²) in [7, 11) is 0. The van der Waals surface area contributed by atoms with Gasteiger partial charge in [-0.05, 0) is 33.6 Å². The molecular formula is C12H16N2O4S. The predicted molar refractivity (Wildman–Crippen MR) is 71.0 cm³/mol. The second-order valence-corrected chi connectivity index (χ2v) is 6.29. The van der Waals surface area contributed by atoms with Gasteiger partial charge in [-0.3, -0.25) is 4.90 Å². The second-order valence-electron chi connectivity index (χ2n) is 5.31. The van der Waals surface area contributed by atoms with Crippen LogP contribution in [0.15, 0.2) is 0 Å². The molecule has 2 heterocycles.